The van der Waals surface area contributed by atoms with E-state index in [1.165, 1.54) is 10.9 Å². The summed E-state index contributed by atoms with van der Waals surface area (Å²) in [5.41, 5.74) is 15.8. The number of pyridine rings is 6. The number of carboxylic acid groups (broad SMARTS) is 1. The third kappa shape index (κ3) is 17.2. The number of carboxylic acids is 1. The smallest absolute Gasteiger partial charge is 0.340 e. The number of aromatic nitrogens is 15. The van der Waals surface area contributed by atoms with Gasteiger partial charge in [-0.05, 0) is 106 Å². The van der Waals surface area contributed by atoms with E-state index in [9.17, 15) is 24.9 Å². The van der Waals surface area contributed by atoms with Crippen LogP contribution in [-0.2, 0) is 39.3 Å². The molecule has 0 aliphatic carbocycles. The molecule has 3 aromatic carbocycles. The third-order valence-corrected chi connectivity index (χ3v) is 16.8. The van der Waals surface area contributed by atoms with Gasteiger partial charge in [-0.2, -0.15) is 31.1 Å². The minimum atomic E-state index is -1.17. The molecule has 8 N–H and O–H groups in total. The number of rotatable bonds is 14. The highest BCUT2D eigenvalue weighted by molar-refractivity contribution is 6.36. The minimum Gasteiger partial charge on any atom is -0.478 e. The molecule has 510 valence electrons. The van der Waals surface area contributed by atoms with Crippen LogP contribution in [0.25, 0.3) is 65.8 Å². The van der Waals surface area contributed by atoms with Gasteiger partial charge in [-0.25, -0.2) is 19.7 Å². The summed E-state index contributed by atoms with van der Waals surface area (Å²) in [6.07, 6.45) is 19.4. The second kappa shape index (κ2) is 32.6. The van der Waals surface area contributed by atoms with Gasteiger partial charge in [0.05, 0.1) is 77.4 Å². The molecule has 0 saturated heterocycles. The van der Waals surface area contributed by atoms with Crippen LogP contribution < -0.4 is 16.4 Å². The fourth-order valence-corrected chi connectivity index (χ4v) is 11.6. The molecule has 0 unspecified atom stereocenters. The molecule has 0 spiro atoms. The Morgan fingerprint density at radius 2 is 0.775 bits per heavy atom. The van der Waals surface area contributed by atoms with Gasteiger partial charge in [0.25, 0.3) is 11.8 Å². The average Bonchev–Trinajstić information content (AvgIpc) is 1.72. The monoisotopic (exact) mass is 1500 g/mol. The predicted molar refractivity (Wildman–Crippen MR) is 393 cm³/mol. The zero-order valence-corrected chi connectivity index (χ0v) is 57.3. The van der Waals surface area contributed by atoms with E-state index in [1.54, 1.807) is 89.7 Å². The van der Waals surface area contributed by atoms with Gasteiger partial charge in [-0.1, -0.05) is 95.2 Å². The zero-order valence-electron chi connectivity index (χ0n) is 52.0. The summed E-state index contributed by atoms with van der Waals surface area (Å²) in [7, 11) is 0. The zero-order chi connectivity index (χ0) is 70.1. The molecule has 2 amide bonds. The molecule has 0 fully saturated rings. The van der Waals surface area contributed by atoms with Crippen LogP contribution in [0.15, 0.2) is 165 Å². The Hall–Kier alpha value is -11.5. The molecule has 0 bridgehead atoms. The van der Waals surface area contributed by atoms with Crippen molar-refractivity contribution in [2.45, 2.75) is 46.7 Å². The van der Waals surface area contributed by atoms with Gasteiger partial charge in [0, 0.05) is 126 Å². The fraction of sp³-hybridized carbons (Fsp3) is 0.100. The molecule has 32 heteroatoms. The third-order valence-electron chi connectivity index (χ3n) is 15.2. The van der Waals surface area contributed by atoms with Gasteiger partial charge in [0.15, 0.2) is 17.1 Å². The molecular formula is C70H52Cl7N21O4. The van der Waals surface area contributed by atoms with E-state index in [-0.39, 0.29) is 66.7 Å². The van der Waals surface area contributed by atoms with Gasteiger partial charge in [0.2, 0.25) is 0 Å². The van der Waals surface area contributed by atoms with Crippen LogP contribution in [0.1, 0.15) is 89.0 Å². The van der Waals surface area contributed by atoms with Crippen LogP contribution in [0.5, 0.6) is 0 Å². The molecule has 12 aromatic heterocycles. The quantitative estimate of drug-likeness (QED) is 0.0532. The summed E-state index contributed by atoms with van der Waals surface area (Å²) in [5, 5.41) is 63.6. The first-order chi connectivity index (χ1) is 48.4. The van der Waals surface area contributed by atoms with Gasteiger partial charge < -0.3 is 36.4 Å². The van der Waals surface area contributed by atoms with E-state index >= 15 is 0 Å². The summed E-state index contributed by atoms with van der Waals surface area (Å²) >= 11 is 36.2. The second-order valence-corrected chi connectivity index (χ2v) is 24.7. The van der Waals surface area contributed by atoms with E-state index in [2.05, 4.69) is 70.8 Å². The van der Waals surface area contributed by atoms with E-state index in [0.29, 0.717) is 67.6 Å². The minimum absolute atomic E-state index is 0. The van der Waals surface area contributed by atoms with Crippen LogP contribution in [0.2, 0.25) is 30.1 Å². The summed E-state index contributed by atoms with van der Waals surface area (Å²) in [5.74, 6) is -1.96. The molecule has 0 aliphatic rings. The van der Waals surface area contributed by atoms with Crippen molar-refractivity contribution in [1.29, 1.82) is 15.8 Å². The molecule has 12 heterocycles. The number of aromatic amines is 3. The topological polar surface area (TPSA) is 371 Å². The van der Waals surface area contributed by atoms with Crippen molar-refractivity contribution < 1.29 is 19.5 Å². The number of nitrogens with two attached hydrogens (primary N) is 1. The van der Waals surface area contributed by atoms with Crippen molar-refractivity contribution in [2.24, 2.45) is 5.73 Å². The van der Waals surface area contributed by atoms with Crippen LogP contribution in [0.3, 0.4) is 0 Å². The Morgan fingerprint density at radius 1 is 0.451 bits per heavy atom. The lowest BCUT2D eigenvalue weighted by molar-refractivity contribution is 0.0695. The Bertz CT molecular complexity index is 5570. The average molecular weight is 1500 g/mol. The number of halogens is 7. The number of fused-ring (bicyclic) bond motifs is 6. The molecule has 15 rings (SSSR count). The van der Waals surface area contributed by atoms with Crippen molar-refractivity contribution in [3.63, 3.8) is 0 Å². The van der Waals surface area contributed by atoms with Gasteiger partial charge in [-0.15, -0.1) is 12.4 Å². The van der Waals surface area contributed by atoms with Crippen molar-refractivity contribution >= 4 is 166 Å². The lowest BCUT2D eigenvalue weighted by Gasteiger charge is -2.05. The summed E-state index contributed by atoms with van der Waals surface area (Å²) in [6, 6.07) is 34.1. The highest BCUT2D eigenvalue weighted by atomic mass is 35.5. The molecule has 0 aliphatic heterocycles. The first-order valence-corrected chi connectivity index (χ1v) is 32.0. The van der Waals surface area contributed by atoms with Gasteiger partial charge >= 0.3 is 5.97 Å². The normalized spacial score (nSPS) is 10.7. The van der Waals surface area contributed by atoms with Crippen molar-refractivity contribution in [2.75, 3.05) is 0 Å². The van der Waals surface area contributed by atoms with Crippen molar-refractivity contribution in [3.8, 4) is 18.2 Å². The standard InChI is InChI=1S/2C23H15Cl2N7O.C15H9ClN4O2.C8H8ClN3.CH4.ClH/c2*24-16-5-15-3-13(1-2-20(15)27-9-16)11-32-12-18(21(6-26)31-32)23(33)30-8-14-4-17-19(25)10-29-22(17)28-7-14;16-11-4-10-3-9(1-2-13(10)18-6-11)7-20-8-12(15(21)22)14(5-17)19-20;9-7-4-12-8-6(7)1-5(2-10)3-11-8;;/h2*1-5,7,9-10,12H,8,11H2,(H,28,29)(H,30,33);1-4,6,8H,7H2,(H,21,22);1,3-4H,2,10H2,(H,11,12);1H4;1H. The Morgan fingerprint density at radius 3 is 1.10 bits per heavy atom. The summed E-state index contributed by atoms with van der Waals surface area (Å²) in [6.45, 7) is 2.08. The van der Waals surface area contributed by atoms with E-state index < -0.39 is 17.8 Å². The SMILES string of the molecule is C.Cl.N#Cc1nn(Cc2ccc3ncc(Cl)cc3c2)cc1C(=O)NCc1cnc2[nH]cc(Cl)c2c1.N#Cc1nn(Cc2ccc3ncc(Cl)cc3c2)cc1C(=O)NCc1cnc2[nH]cc(Cl)c2c1.N#Cc1nn(Cc2ccc3ncc(Cl)cc3c2)cc1C(=O)O.NCc1cnc2[nH]cc(Cl)c2c1. The predicted octanol–water partition coefficient (Wildman–Crippen LogP) is 14.4. The second-order valence-electron chi connectivity index (χ2n) is 22.1. The van der Waals surface area contributed by atoms with Crippen molar-refractivity contribution in [1.82, 2.24) is 84.8 Å². The number of nitrogens with one attached hydrogen (secondary N) is 5. The fourth-order valence-electron chi connectivity index (χ4n) is 10.5. The van der Waals surface area contributed by atoms with Crippen LogP contribution in [0.4, 0.5) is 0 Å². The molecule has 15 aromatic rings. The number of carbonyl (C=O) groups excluding carboxylic acids is 2. The Kier molecular flexibility index (Phi) is 23.4. The number of amides is 2. The maximum absolute atomic E-state index is 12.8. The van der Waals surface area contributed by atoms with Gasteiger partial charge in [-0.3, -0.25) is 38.6 Å². The number of hydrogen-bond donors (Lipinski definition) is 7. The number of nitriles is 3. The highest BCUT2D eigenvalue weighted by Crippen LogP contribution is 2.27. The number of benzene rings is 3. The number of carbonyl (C=O) groups is 3. The molecule has 0 atom stereocenters. The number of H-pyrrole nitrogens is 3. The molecule has 102 heavy (non-hydrogen) atoms. The largest absolute Gasteiger partial charge is 0.478 e. The van der Waals surface area contributed by atoms with Gasteiger partial charge in [0.1, 0.15) is 40.7 Å². The molecular weight excluding hydrogens is 1450 g/mol. The van der Waals surface area contributed by atoms with Crippen LogP contribution >= 0.6 is 82.0 Å². The maximum Gasteiger partial charge on any atom is 0.340 e. The number of hydrogen-bond acceptors (Lipinski definition) is 16. The first kappa shape index (κ1) is 73.2. The molecule has 0 saturated carbocycles. The Balaban J connectivity index is 0.000000153. The number of aromatic carboxylic acids is 1. The Labute approximate surface area is 614 Å². The van der Waals surface area contributed by atoms with Crippen molar-refractivity contribution in [3.05, 3.63) is 263 Å². The molecule has 25 nitrogen and oxygen atoms in total. The maximum atomic E-state index is 12.8. The van der Waals surface area contributed by atoms with E-state index in [1.807, 2.05) is 97.1 Å². The lowest BCUT2D eigenvalue weighted by atomic mass is 10.1. The van der Waals surface area contributed by atoms with E-state index in [0.717, 1.165) is 87.9 Å². The van der Waals surface area contributed by atoms with Crippen LogP contribution in [-0.4, -0.2) is 97.1 Å². The number of nitrogens with zero attached hydrogens (tertiary/aromatic N) is 15. The first-order valence-electron chi connectivity index (χ1n) is 29.8. The summed E-state index contributed by atoms with van der Waals surface area (Å²) < 4.78 is 4.57. The van der Waals surface area contributed by atoms with E-state index in [4.69, 9.17) is 85.7 Å². The van der Waals surface area contributed by atoms with Crippen LogP contribution in [0, 0.1) is 34.0 Å². The molecule has 0 radical (unpaired) electrons. The summed E-state index contributed by atoms with van der Waals surface area (Å²) in [4.78, 5) is 71.0. The lowest BCUT2D eigenvalue weighted by Crippen LogP contribution is -2.23. The highest BCUT2D eigenvalue weighted by Gasteiger charge is 2.20.